The van der Waals surface area contributed by atoms with Gasteiger partial charge in [-0.3, -0.25) is 0 Å². The van der Waals surface area contributed by atoms with Crippen LogP contribution in [-0.2, 0) is 10.0 Å². The summed E-state index contributed by atoms with van der Waals surface area (Å²) in [4.78, 5) is 10.3. The van der Waals surface area contributed by atoms with Crippen LogP contribution in [0.25, 0.3) is 0 Å². The molecule has 0 amide bonds. The van der Waals surface area contributed by atoms with Gasteiger partial charge >= 0.3 is 0 Å². The van der Waals surface area contributed by atoms with E-state index >= 15 is 0 Å². The Morgan fingerprint density at radius 3 is 2.48 bits per heavy atom. The lowest BCUT2D eigenvalue weighted by Crippen LogP contribution is -2.48. The summed E-state index contributed by atoms with van der Waals surface area (Å²) in [5.74, 6) is 0.589. The van der Waals surface area contributed by atoms with Crippen molar-refractivity contribution < 1.29 is 8.42 Å². The zero-order chi connectivity index (χ0) is 18.0. The van der Waals surface area contributed by atoms with Crippen LogP contribution in [0.1, 0.15) is 12.8 Å². The van der Waals surface area contributed by atoms with Crippen LogP contribution in [0.2, 0.25) is 10.0 Å². The van der Waals surface area contributed by atoms with Crippen molar-refractivity contribution in [2.75, 3.05) is 18.0 Å². The number of nitrogens with zero attached hydrogens (tertiary/aromatic N) is 3. The number of sulfonamides is 1. The van der Waals surface area contributed by atoms with E-state index < -0.39 is 10.0 Å². The zero-order valence-electron chi connectivity index (χ0n) is 13.0. The van der Waals surface area contributed by atoms with E-state index in [1.807, 2.05) is 4.90 Å². The highest BCUT2D eigenvalue weighted by atomic mass is 79.9. The standard InChI is InChI=1S/C15H15BrCl2N4O2S/c16-10-7-12(17)14(13(18)8-10)25(23,24)21-11-3-1-6-22(9-11)15-19-4-2-5-20-15/h2,4-5,7-8,11,21H,1,3,6,9H2. The van der Waals surface area contributed by atoms with Gasteiger partial charge in [0.25, 0.3) is 0 Å². The molecule has 3 rings (SSSR count). The first-order chi connectivity index (χ1) is 11.9. The SMILES string of the molecule is O=S(=O)(NC1CCCN(c2ncccn2)C1)c1c(Cl)cc(Br)cc1Cl. The van der Waals surface area contributed by atoms with Crippen LogP contribution in [0.4, 0.5) is 5.95 Å². The highest BCUT2D eigenvalue weighted by molar-refractivity contribution is 9.10. The summed E-state index contributed by atoms with van der Waals surface area (Å²) >= 11 is 15.4. The number of benzene rings is 1. The normalized spacial score (nSPS) is 18.4. The van der Waals surface area contributed by atoms with Crippen molar-refractivity contribution in [3.05, 3.63) is 45.1 Å². The van der Waals surface area contributed by atoms with Crippen molar-refractivity contribution >= 4 is 55.1 Å². The number of piperidine rings is 1. The van der Waals surface area contributed by atoms with Crippen LogP contribution in [0, 0.1) is 0 Å². The summed E-state index contributed by atoms with van der Waals surface area (Å²) in [7, 11) is -3.85. The number of hydrogen-bond donors (Lipinski definition) is 1. The maximum absolute atomic E-state index is 12.8. The summed E-state index contributed by atoms with van der Waals surface area (Å²) in [5.41, 5.74) is 0. The van der Waals surface area contributed by atoms with E-state index in [2.05, 4.69) is 30.6 Å². The molecule has 0 aliphatic carbocycles. The summed E-state index contributed by atoms with van der Waals surface area (Å²) in [5, 5.41) is 0.150. The first-order valence-electron chi connectivity index (χ1n) is 7.55. The highest BCUT2D eigenvalue weighted by Gasteiger charge is 2.29. The molecule has 1 unspecified atom stereocenters. The molecule has 1 atom stereocenters. The van der Waals surface area contributed by atoms with E-state index in [4.69, 9.17) is 23.2 Å². The molecule has 2 aromatic rings. The predicted octanol–water partition coefficient (Wildman–Crippen LogP) is 3.49. The Kier molecular flexibility index (Phi) is 5.85. The van der Waals surface area contributed by atoms with E-state index in [1.165, 1.54) is 12.1 Å². The van der Waals surface area contributed by atoms with Gasteiger partial charge in [0.05, 0.1) is 10.0 Å². The van der Waals surface area contributed by atoms with Gasteiger partial charge in [-0.25, -0.2) is 23.1 Å². The van der Waals surface area contributed by atoms with E-state index in [0.717, 1.165) is 13.0 Å². The van der Waals surface area contributed by atoms with Gasteiger partial charge in [-0.2, -0.15) is 0 Å². The molecule has 0 radical (unpaired) electrons. The molecule has 1 N–H and O–H groups in total. The minimum absolute atomic E-state index is 0.0749. The van der Waals surface area contributed by atoms with Crippen molar-refractivity contribution in [3.8, 4) is 0 Å². The van der Waals surface area contributed by atoms with Crippen molar-refractivity contribution in [2.45, 2.75) is 23.8 Å². The third-order valence-corrected chi connectivity index (χ3v) is 6.71. The smallest absolute Gasteiger partial charge is 0.243 e. The van der Waals surface area contributed by atoms with Gasteiger partial charge in [0, 0.05) is 36.0 Å². The average molecular weight is 466 g/mol. The molecular weight excluding hydrogens is 451 g/mol. The Morgan fingerprint density at radius 1 is 1.20 bits per heavy atom. The maximum Gasteiger partial charge on any atom is 0.243 e. The fourth-order valence-electron chi connectivity index (χ4n) is 2.77. The monoisotopic (exact) mass is 464 g/mol. The van der Waals surface area contributed by atoms with Gasteiger partial charge in [-0.05, 0) is 31.0 Å². The van der Waals surface area contributed by atoms with Gasteiger partial charge in [-0.1, -0.05) is 39.1 Å². The van der Waals surface area contributed by atoms with Gasteiger partial charge < -0.3 is 4.90 Å². The lowest BCUT2D eigenvalue weighted by molar-refractivity contribution is 0.461. The summed E-state index contributed by atoms with van der Waals surface area (Å²) in [6.45, 7) is 1.26. The minimum atomic E-state index is -3.85. The molecule has 2 heterocycles. The Bertz CT molecular complexity index is 844. The molecule has 1 aliphatic rings. The second kappa shape index (κ2) is 7.75. The number of aromatic nitrogens is 2. The van der Waals surface area contributed by atoms with Crippen LogP contribution in [0.5, 0.6) is 0 Å². The molecule has 0 spiro atoms. The first kappa shape index (κ1) is 18.8. The molecule has 1 aromatic heterocycles. The number of hydrogen-bond acceptors (Lipinski definition) is 5. The van der Waals surface area contributed by atoms with Crippen LogP contribution >= 0.6 is 39.1 Å². The van der Waals surface area contributed by atoms with E-state index in [9.17, 15) is 8.42 Å². The van der Waals surface area contributed by atoms with Crippen LogP contribution < -0.4 is 9.62 Å². The third-order valence-electron chi connectivity index (χ3n) is 3.81. The number of anilines is 1. The quantitative estimate of drug-likeness (QED) is 0.747. The molecule has 1 aliphatic heterocycles. The van der Waals surface area contributed by atoms with Crippen molar-refractivity contribution in [3.63, 3.8) is 0 Å². The zero-order valence-corrected chi connectivity index (χ0v) is 16.9. The largest absolute Gasteiger partial charge is 0.339 e. The minimum Gasteiger partial charge on any atom is -0.339 e. The van der Waals surface area contributed by atoms with Gasteiger partial charge in [0.2, 0.25) is 16.0 Å². The molecule has 25 heavy (non-hydrogen) atoms. The van der Waals surface area contributed by atoms with E-state index in [-0.39, 0.29) is 21.0 Å². The first-order valence-corrected chi connectivity index (χ1v) is 10.6. The molecule has 1 saturated heterocycles. The van der Waals surface area contributed by atoms with Crippen molar-refractivity contribution in [2.24, 2.45) is 0 Å². The summed E-state index contributed by atoms with van der Waals surface area (Å²) in [6.07, 6.45) is 4.87. The maximum atomic E-state index is 12.8. The fraction of sp³-hybridized carbons (Fsp3) is 0.333. The summed E-state index contributed by atoms with van der Waals surface area (Å²) < 4.78 is 28.8. The lowest BCUT2D eigenvalue weighted by atomic mass is 10.1. The Balaban J connectivity index is 1.79. The Morgan fingerprint density at radius 2 is 1.84 bits per heavy atom. The molecule has 10 heteroatoms. The Hall–Kier alpha value is -0.930. The fourth-order valence-corrected chi connectivity index (χ4v) is 5.97. The van der Waals surface area contributed by atoms with Crippen molar-refractivity contribution in [1.82, 2.24) is 14.7 Å². The van der Waals surface area contributed by atoms with Gasteiger partial charge in [-0.15, -0.1) is 0 Å². The highest BCUT2D eigenvalue weighted by Crippen LogP contribution is 2.33. The second-order valence-electron chi connectivity index (χ2n) is 5.65. The number of rotatable bonds is 4. The molecule has 6 nitrogen and oxygen atoms in total. The number of halogens is 3. The van der Waals surface area contributed by atoms with Gasteiger partial charge in [0.15, 0.2) is 0 Å². The van der Waals surface area contributed by atoms with E-state index in [0.29, 0.717) is 23.4 Å². The molecule has 0 saturated carbocycles. The summed E-state index contributed by atoms with van der Waals surface area (Å²) in [6, 6.07) is 4.48. The molecule has 1 aromatic carbocycles. The predicted molar refractivity (Wildman–Crippen MR) is 102 cm³/mol. The average Bonchev–Trinajstić information content (AvgIpc) is 2.54. The molecule has 0 bridgehead atoms. The lowest BCUT2D eigenvalue weighted by Gasteiger charge is -2.33. The van der Waals surface area contributed by atoms with Crippen LogP contribution in [0.3, 0.4) is 0 Å². The van der Waals surface area contributed by atoms with Crippen LogP contribution in [-0.4, -0.2) is 37.5 Å². The third kappa shape index (κ3) is 4.43. The number of nitrogens with one attached hydrogen (secondary N) is 1. The molecule has 1 fully saturated rings. The molecule has 134 valence electrons. The molecular formula is C15H15BrCl2N4O2S. The van der Waals surface area contributed by atoms with E-state index in [1.54, 1.807) is 18.5 Å². The Labute approximate surface area is 164 Å². The van der Waals surface area contributed by atoms with Crippen LogP contribution in [0.15, 0.2) is 40.0 Å². The van der Waals surface area contributed by atoms with Gasteiger partial charge in [0.1, 0.15) is 4.90 Å². The van der Waals surface area contributed by atoms with Crippen molar-refractivity contribution in [1.29, 1.82) is 0 Å². The topological polar surface area (TPSA) is 75.2 Å². The second-order valence-corrected chi connectivity index (χ2v) is 9.03.